The minimum atomic E-state index is -0.721. The highest BCUT2D eigenvalue weighted by Crippen LogP contribution is 2.36. The van der Waals surface area contributed by atoms with E-state index in [9.17, 15) is 4.79 Å². The highest BCUT2D eigenvalue weighted by molar-refractivity contribution is 6.30. The molecule has 3 nitrogen and oxygen atoms in total. The Morgan fingerprint density at radius 3 is 2.94 bits per heavy atom. The monoisotopic (exact) mass is 266 g/mol. The third kappa shape index (κ3) is 2.67. The normalized spacial score (nSPS) is 23.3. The first kappa shape index (κ1) is 13.0. The standard InChI is InChI=1S/C14H15ClO3/c1-3-17-12-8-13(16)18-14(2,9-12)10-5-4-6-11(15)7-10/h4-8H,3,9H2,1-2H3. The zero-order valence-corrected chi connectivity index (χ0v) is 11.2. The fourth-order valence-electron chi connectivity index (χ4n) is 2.06. The molecule has 0 N–H and O–H groups in total. The van der Waals surface area contributed by atoms with E-state index < -0.39 is 5.60 Å². The van der Waals surface area contributed by atoms with Gasteiger partial charge in [0.2, 0.25) is 0 Å². The van der Waals surface area contributed by atoms with E-state index in [-0.39, 0.29) is 5.97 Å². The van der Waals surface area contributed by atoms with E-state index >= 15 is 0 Å². The molecule has 0 fully saturated rings. The Hall–Kier alpha value is -1.48. The van der Waals surface area contributed by atoms with Crippen molar-refractivity contribution in [3.63, 3.8) is 0 Å². The van der Waals surface area contributed by atoms with Crippen molar-refractivity contribution in [2.45, 2.75) is 25.9 Å². The van der Waals surface area contributed by atoms with E-state index in [0.717, 1.165) is 5.56 Å². The Morgan fingerprint density at radius 1 is 1.50 bits per heavy atom. The maximum Gasteiger partial charge on any atom is 0.335 e. The summed E-state index contributed by atoms with van der Waals surface area (Å²) in [5, 5.41) is 0.622. The van der Waals surface area contributed by atoms with Crippen molar-refractivity contribution in [2.24, 2.45) is 0 Å². The van der Waals surface area contributed by atoms with E-state index in [1.54, 1.807) is 6.07 Å². The van der Waals surface area contributed by atoms with Crippen LogP contribution < -0.4 is 0 Å². The summed E-state index contributed by atoms with van der Waals surface area (Å²) in [5.41, 5.74) is 0.148. The number of carbonyl (C=O) groups excluding carboxylic acids is 1. The third-order valence-corrected chi connectivity index (χ3v) is 3.12. The maximum atomic E-state index is 11.6. The summed E-state index contributed by atoms with van der Waals surface area (Å²) in [6.45, 7) is 4.28. The highest BCUT2D eigenvalue weighted by atomic mass is 35.5. The molecule has 1 atom stereocenters. The van der Waals surface area contributed by atoms with Crippen molar-refractivity contribution in [2.75, 3.05) is 6.61 Å². The number of hydrogen-bond donors (Lipinski definition) is 0. The van der Waals surface area contributed by atoms with Gasteiger partial charge in [0.15, 0.2) is 0 Å². The molecule has 1 aliphatic rings. The van der Waals surface area contributed by atoms with Gasteiger partial charge in [-0.05, 0) is 31.5 Å². The Kier molecular flexibility index (Phi) is 3.62. The zero-order chi connectivity index (χ0) is 13.2. The summed E-state index contributed by atoms with van der Waals surface area (Å²) in [6, 6.07) is 7.34. The van der Waals surface area contributed by atoms with Gasteiger partial charge in [-0.25, -0.2) is 4.79 Å². The molecule has 0 spiro atoms. The van der Waals surface area contributed by atoms with Crippen LogP contribution in [0.15, 0.2) is 36.1 Å². The van der Waals surface area contributed by atoms with Crippen LogP contribution in [0.5, 0.6) is 0 Å². The predicted molar refractivity (Wildman–Crippen MR) is 69.2 cm³/mol. The molecule has 1 heterocycles. The lowest BCUT2D eigenvalue weighted by Gasteiger charge is -2.33. The van der Waals surface area contributed by atoms with Crippen LogP contribution in [-0.4, -0.2) is 12.6 Å². The van der Waals surface area contributed by atoms with Gasteiger partial charge >= 0.3 is 5.97 Å². The van der Waals surface area contributed by atoms with E-state index in [2.05, 4.69) is 0 Å². The first-order valence-corrected chi connectivity index (χ1v) is 6.24. The molecule has 0 amide bonds. The molecule has 0 aromatic heterocycles. The van der Waals surface area contributed by atoms with Crippen LogP contribution in [0.1, 0.15) is 25.8 Å². The van der Waals surface area contributed by atoms with Gasteiger partial charge in [-0.2, -0.15) is 0 Å². The Morgan fingerprint density at radius 2 is 2.28 bits per heavy atom. The SMILES string of the molecule is CCOC1=CC(=O)OC(C)(c2cccc(Cl)c2)C1. The summed E-state index contributed by atoms with van der Waals surface area (Å²) in [4.78, 5) is 11.6. The molecule has 1 aromatic carbocycles. The van der Waals surface area contributed by atoms with Crippen LogP contribution in [-0.2, 0) is 19.9 Å². The van der Waals surface area contributed by atoms with Gasteiger partial charge < -0.3 is 9.47 Å². The van der Waals surface area contributed by atoms with E-state index in [4.69, 9.17) is 21.1 Å². The maximum absolute atomic E-state index is 11.6. The third-order valence-electron chi connectivity index (χ3n) is 2.88. The molecule has 1 aromatic rings. The van der Waals surface area contributed by atoms with Crippen molar-refractivity contribution in [1.29, 1.82) is 0 Å². The summed E-state index contributed by atoms with van der Waals surface area (Å²) in [5.74, 6) is 0.267. The zero-order valence-electron chi connectivity index (χ0n) is 10.4. The summed E-state index contributed by atoms with van der Waals surface area (Å²) in [6.07, 6.45) is 1.92. The Bertz CT molecular complexity index is 496. The number of cyclic esters (lactones) is 1. The number of ether oxygens (including phenoxy) is 2. The summed E-state index contributed by atoms with van der Waals surface area (Å²) >= 11 is 5.97. The largest absolute Gasteiger partial charge is 0.498 e. The number of hydrogen-bond acceptors (Lipinski definition) is 3. The van der Waals surface area contributed by atoms with Crippen molar-refractivity contribution < 1.29 is 14.3 Å². The molecule has 0 aliphatic carbocycles. The van der Waals surface area contributed by atoms with Crippen LogP contribution in [0.2, 0.25) is 5.02 Å². The van der Waals surface area contributed by atoms with Crippen LogP contribution in [0.3, 0.4) is 0 Å². The number of rotatable bonds is 3. The van der Waals surface area contributed by atoms with Crippen LogP contribution in [0, 0.1) is 0 Å². The van der Waals surface area contributed by atoms with E-state index in [1.165, 1.54) is 6.08 Å². The minimum absolute atomic E-state index is 0.382. The lowest BCUT2D eigenvalue weighted by Crippen LogP contribution is -2.33. The number of carbonyl (C=O) groups is 1. The van der Waals surface area contributed by atoms with E-state index in [1.807, 2.05) is 32.0 Å². The molecule has 1 unspecified atom stereocenters. The van der Waals surface area contributed by atoms with Crippen LogP contribution in [0.25, 0.3) is 0 Å². The molecule has 2 rings (SSSR count). The van der Waals surface area contributed by atoms with Gasteiger partial charge in [0.1, 0.15) is 11.4 Å². The fourth-order valence-corrected chi connectivity index (χ4v) is 2.25. The Labute approximate surface area is 111 Å². The van der Waals surface area contributed by atoms with E-state index in [0.29, 0.717) is 23.8 Å². The average Bonchev–Trinajstić information content (AvgIpc) is 2.28. The molecule has 0 bridgehead atoms. The molecular weight excluding hydrogens is 252 g/mol. The predicted octanol–water partition coefficient (Wildman–Crippen LogP) is 3.42. The smallest absolute Gasteiger partial charge is 0.335 e. The van der Waals surface area contributed by atoms with Gasteiger partial charge in [0, 0.05) is 11.4 Å². The number of esters is 1. The molecule has 96 valence electrons. The van der Waals surface area contributed by atoms with Gasteiger partial charge in [-0.1, -0.05) is 23.7 Å². The second-order valence-corrected chi connectivity index (χ2v) is 4.82. The lowest BCUT2D eigenvalue weighted by atomic mass is 9.90. The average molecular weight is 267 g/mol. The first-order valence-electron chi connectivity index (χ1n) is 5.86. The number of benzene rings is 1. The lowest BCUT2D eigenvalue weighted by molar-refractivity contribution is -0.156. The second-order valence-electron chi connectivity index (χ2n) is 4.38. The summed E-state index contributed by atoms with van der Waals surface area (Å²) in [7, 11) is 0. The molecule has 0 radical (unpaired) electrons. The second kappa shape index (κ2) is 5.02. The van der Waals surface area contributed by atoms with Crippen LogP contribution in [0.4, 0.5) is 0 Å². The van der Waals surface area contributed by atoms with Crippen molar-refractivity contribution in [3.8, 4) is 0 Å². The Balaban J connectivity index is 2.32. The first-order chi connectivity index (χ1) is 8.53. The van der Waals surface area contributed by atoms with Gasteiger partial charge in [-0.15, -0.1) is 0 Å². The molecule has 4 heteroatoms. The number of halogens is 1. The minimum Gasteiger partial charge on any atom is -0.498 e. The molecule has 18 heavy (non-hydrogen) atoms. The van der Waals surface area contributed by atoms with Crippen molar-refractivity contribution >= 4 is 17.6 Å². The van der Waals surface area contributed by atoms with Gasteiger partial charge in [0.05, 0.1) is 12.7 Å². The fraction of sp³-hybridized carbons (Fsp3) is 0.357. The van der Waals surface area contributed by atoms with Gasteiger partial charge in [-0.3, -0.25) is 0 Å². The van der Waals surface area contributed by atoms with Crippen molar-refractivity contribution in [3.05, 3.63) is 46.7 Å². The van der Waals surface area contributed by atoms with Crippen molar-refractivity contribution in [1.82, 2.24) is 0 Å². The summed E-state index contributed by atoms with van der Waals surface area (Å²) < 4.78 is 10.9. The quantitative estimate of drug-likeness (QED) is 0.787. The highest BCUT2D eigenvalue weighted by Gasteiger charge is 2.36. The van der Waals surface area contributed by atoms with Gasteiger partial charge in [0.25, 0.3) is 0 Å². The molecular formula is C14H15ClO3. The topological polar surface area (TPSA) is 35.5 Å². The molecule has 0 saturated heterocycles. The molecule has 0 saturated carbocycles. The van der Waals surface area contributed by atoms with Crippen LogP contribution >= 0.6 is 11.6 Å². The molecule has 1 aliphatic heterocycles.